The number of benzene rings is 1. The highest BCUT2D eigenvalue weighted by atomic mass is 16.3. The highest BCUT2D eigenvalue weighted by Crippen LogP contribution is 2.20. The molecule has 1 atom stereocenters. The maximum Gasteiger partial charge on any atom is 0.243 e. The molecule has 0 bridgehead atoms. The minimum absolute atomic E-state index is 0.00707. The molecule has 0 aliphatic carbocycles. The predicted molar refractivity (Wildman–Crippen MR) is 126 cm³/mol. The number of hydrogen-bond acceptors (Lipinski definition) is 5. The van der Waals surface area contributed by atoms with Crippen molar-refractivity contribution in [3.8, 4) is 0 Å². The van der Waals surface area contributed by atoms with Gasteiger partial charge in [0.2, 0.25) is 17.7 Å². The Kier molecular flexibility index (Phi) is 8.65. The summed E-state index contributed by atoms with van der Waals surface area (Å²) in [6.45, 7) is 5.60. The zero-order valence-electron chi connectivity index (χ0n) is 19.7. The van der Waals surface area contributed by atoms with Gasteiger partial charge in [0.05, 0.1) is 25.4 Å². The first-order valence-electron chi connectivity index (χ1n) is 11.6. The summed E-state index contributed by atoms with van der Waals surface area (Å²) in [6.07, 6.45) is 3.79. The van der Waals surface area contributed by atoms with E-state index in [0.29, 0.717) is 32.5 Å². The van der Waals surface area contributed by atoms with E-state index in [2.05, 4.69) is 15.5 Å². The Bertz CT molecular complexity index is 936. The largest absolute Gasteiger partial charge is 0.467 e. The molecule has 0 saturated carbocycles. The van der Waals surface area contributed by atoms with Gasteiger partial charge in [0.15, 0.2) is 0 Å². The monoisotopic (exact) mass is 454 g/mol. The molecule has 3 rings (SSSR count). The lowest BCUT2D eigenvalue weighted by molar-refractivity contribution is -0.138. The van der Waals surface area contributed by atoms with E-state index in [1.807, 2.05) is 44.2 Å². The Morgan fingerprint density at radius 3 is 2.55 bits per heavy atom. The molecule has 1 fully saturated rings. The van der Waals surface area contributed by atoms with E-state index in [4.69, 9.17) is 4.42 Å². The molecule has 1 unspecified atom stereocenters. The van der Waals surface area contributed by atoms with E-state index >= 15 is 0 Å². The highest BCUT2D eigenvalue weighted by molar-refractivity contribution is 5.95. The van der Waals surface area contributed by atoms with Crippen LogP contribution < -0.4 is 10.6 Å². The molecule has 8 heteroatoms. The second kappa shape index (κ2) is 11.7. The summed E-state index contributed by atoms with van der Waals surface area (Å²) in [6, 6.07) is 10.9. The van der Waals surface area contributed by atoms with Crippen LogP contribution in [0.25, 0.3) is 0 Å². The van der Waals surface area contributed by atoms with Gasteiger partial charge in [-0.3, -0.25) is 19.3 Å². The quantitative estimate of drug-likeness (QED) is 0.608. The van der Waals surface area contributed by atoms with Crippen LogP contribution in [0, 0.1) is 5.92 Å². The van der Waals surface area contributed by atoms with E-state index in [9.17, 15) is 14.4 Å². The van der Waals surface area contributed by atoms with Crippen molar-refractivity contribution in [3.05, 3.63) is 54.0 Å². The summed E-state index contributed by atoms with van der Waals surface area (Å²) in [5.74, 6) is 0.359. The third-order valence-electron chi connectivity index (χ3n) is 6.25. The zero-order valence-corrected chi connectivity index (χ0v) is 19.7. The van der Waals surface area contributed by atoms with Crippen LogP contribution >= 0.6 is 0 Å². The van der Waals surface area contributed by atoms with Crippen molar-refractivity contribution < 1.29 is 18.8 Å². The number of hydrogen-bond donors (Lipinski definition) is 2. The maximum atomic E-state index is 12.9. The predicted octanol–water partition coefficient (Wildman–Crippen LogP) is 2.66. The molecular weight excluding hydrogens is 420 g/mol. The minimum atomic E-state index is -0.349. The highest BCUT2D eigenvalue weighted by Gasteiger charge is 2.31. The molecular formula is C25H34N4O4. The average Bonchev–Trinajstić information content (AvgIpc) is 3.35. The molecule has 1 aliphatic heterocycles. The summed E-state index contributed by atoms with van der Waals surface area (Å²) in [4.78, 5) is 41.4. The second-order valence-corrected chi connectivity index (χ2v) is 8.54. The molecule has 178 valence electrons. The van der Waals surface area contributed by atoms with E-state index in [1.54, 1.807) is 19.4 Å². The van der Waals surface area contributed by atoms with Gasteiger partial charge in [0.1, 0.15) is 5.76 Å². The van der Waals surface area contributed by atoms with Crippen molar-refractivity contribution in [2.45, 2.75) is 45.7 Å². The fourth-order valence-electron chi connectivity index (χ4n) is 4.19. The molecule has 0 radical (unpaired) electrons. The lowest BCUT2D eigenvalue weighted by atomic mass is 9.95. The number of carbonyl (C=O) groups excluding carboxylic acids is 3. The van der Waals surface area contributed by atoms with Gasteiger partial charge < -0.3 is 20.0 Å². The number of nitrogens with zero attached hydrogens (tertiary/aromatic N) is 2. The van der Waals surface area contributed by atoms with Gasteiger partial charge in [-0.1, -0.05) is 25.1 Å². The number of likely N-dealkylation sites (N-methyl/N-ethyl adjacent to an activating group) is 1. The molecule has 1 aromatic heterocycles. The third-order valence-corrected chi connectivity index (χ3v) is 6.25. The van der Waals surface area contributed by atoms with Crippen LogP contribution in [0.3, 0.4) is 0 Å². The van der Waals surface area contributed by atoms with Gasteiger partial charge in [0.25, 0.3) is 0 Å². The van der Waals surface area contributed by atoms with Crippen LogP contribution in [-0.4, -0.2) is 60.2 Å². The molecule has 1 aromatic carbocycles. The summed E-state index contributed by atoms with van der Waals surface area (Å²) in [7, 11) is 1.65. The zero-order chi connectivity index (χ0) is 23.8. The topological polar surface area (TPSA) is 94.9 Å². The van der Waals surface area contributed by atoms with Gasteiger partial charge in [-0.25, -0.2) is 0 Å². The van der Waals surface area contributed by atoms with Crippen molar-refractivity contribution >= 4 is 23.4 Å². The number of furan rings is 1. The molecule has 33 heavy (non-hydrogen) atoms. The second-order valence-electron chi connectivity index (χ2n) is 8.54. The smallest absolute Gasteiger partial charge is 0.243 e. The Morgan fingerprint density at radius 1 is 1.15 bits per heavy atom. The Labute approximate surface area is 195 Å². The van der Waals surface area contributed by atoms with Gasteiger partial charge in [-0.05, 0) is 63.0 Å². The van der Waals surface area contributed by atoms with E-state index < -0.39 is 0 Å². The number of likely N-dealkylation sites (tertiary alicyclic amines) is 1. The average molecular weight is 455 g/mol. The third kappa shape index (κ3) is 6.68. The van der Waals surface area contributed by atoms with Gasteiger partial charge in [-0.15, -0.1) is 0 Å². The number of amides is 3. The number of piperidine rings is 1. The molecule has 2 heterocycles. The fourth-order valence-corrected chi connectivity index (χ4v) is 4.19. The van der Waals surface area contributed by atoms with Crippen LogP contribution in [0.2, 0.25) is 0 Å². The van der Waals surface area contributed by atoms with Gasteiger partial charge in [0, 0.05) is 18.7 Å². The normalized spacial score (nSPS) is 15.6. The van der Waals surface area contributed by atoms with Crippen molar-refractivity contribution in [2.75, 3.05) is 32.0 Å². The lowest BCUT2D eigenvalue weighted by Crippen LogP contribution is -2.51. The molecule has 2 aromatic rings. The SMILES string of the molecule is CCc1ccccc1NC(=O)CN(C)C(=O)C(C)N1CCC(C(=O)NCc2ccco2)CC1. The van der Waals surface area contributed by atoms with E-state index in [1.165, 1.54) is 4.90 Å². The van der Waals surface area contributed by atoms with Crippen LogP contribution in [0.4, 0.5) is 5.69 Å². The number of rotatable bonds is 9. The summed E-state index contributed by atoms with van der Waals surface area (Å²) >= 11 is 0. The van der Waals surface area contributed by atoms with Crippen molar-refractivity contribution in [3.63, 3.8) is 0 Å². The van der Waals surface area contributed by atoms with Crippen molar-refractivity contribution in [1.82, 2.24) is 15.1 Å². The van der Waals surface area contributed by atoms with Crippen LogP contribution in [-0.2, 0) is 27.3 Å². The van der Waals surface area contributed by atoms with Crippen LogP contribution in [0.15, 0.2) is 47.1 Å². The Morgan fingerprint density at radius 2 is 1.88 bits per heavy atom. The van der Waals surface area contributed by atoms with Crippen LogP contribution in [0.5, 0.6) is 0 Å². The number of nitrogens with one attached hydrogen (secondary N) is 2. The number of carbonyl (C=O) groups is 3. The summed E-state index contributed by atoms with van der Waals surface area (Å²) in [5, 5.41) is 5.83. The number of para-hydroxylation sites is 1. The van der Waals surface area contributed by atoms with Crippen molar-refractivity contribution in [2.24, 2.45) is 5.92 Å². The molecule has 1 aliphatic rings. The van der Waals surface area contributed by atoms with Crippen molar-refractivity contribution in [1.29, 1.82) is 0 Å². The van der Waals surface area contributed by atoms with Gasteiger partial charge in [-0.2, -0.15) is 0 Å². The molecule has 2 N–H and O–H groups in total. The first kappa shape index (κ1) is 24.5. The first-order valence-corrected chi connectivity index (χ1v) is 11.6. The molecule has 3 amide bonds. The lowest BCUT2D eigenvalue weighted by Gasteiger charge is -2.36. The minimum Gasteiger partial charge on any atom is -0.467 e. The van der Waals surface area contributed by atoms with E-state index in [-0.39, 0.29) is 36.2 Å². The Hall–Kier alpha value is -3.13. The molecule has 1 saturated heterocycles. The molecule has 0 spiro atoms. The number of anilines is 1. The van der Waals surface area contributed by atoms with Crippen LogP contribution in [0.1, 0.15) is 38.0 Å². The summed E-state index contributed by atoms with van der Waals surface area (Å²) in [5.41, 5.74) is 1.84. The molecule has 8 nitrogen and oxygen atoms in total. The number of aryl methyl sites for hydroxylation is 1. The standard InChI is InChI=1S/C25H34N4O4/c1-4-19-8-5-6-10-22(19)27-23(30)17-28(3)25(32)18(2)29-13-11-20(12-14-29)24(31)26-16-21-9-7-15-33-21/h5-10,15,18,20H,4,11-14,16-17H2,1-3H3,(H,26,31)(H,27,30). The van der Waals surface area contributed by atoms with Gasteiger partial charge >= 0.3 is 0 Å². The van der Waals surface area contributed by atoms with E-state index in [0.717, 1.165) is 23.4 Å². The maximum absolute atomic E-state index is 12.9. The first-order chi connectivity index (χ1) is 15.9. The fraction of sp³-hybridized carbons (Fsp3) is 0.480. The Balaban J connectivity index is 1.43. The summed E-state index contributed by atoms with van der Waals surface area (Å²) < 4.78 is 5.25.